The van der Waals surface area contributed by atoms with Gasteiger partial charge in [0.05, 0.1) is 7.11 Å². The van der Waals surface area contributed by atoms with E-state index in [4.69, 9.17) is 0 Å². The predicted molar refractivity (Wildman–Crippen MR) is 53.1 cm³/mol. The SMILES string of the molecule is COC(=O)c1cccc(C)c1OC(F)(F)C(=O)[O-]. The second kappa shape index (κ2) is 4.99. The van der Waals surface area contributed by atoms with Crippen molar-refractivity contribution in [1.29, 1.82) is 0 Å². The molecule has 0 saturated heterocycles. The van der Waals surface area contributed by atoms with Crippen LogP contribution in [0.4, 0.5) is 8.78 Å². The lowest BCUT2D eigenvalue weighted by Crippen LogP contribution is -2.46. The number of para-hydroxylation sites is 1. The first-order valence-corrected chi connectivity index (χ1v) is 4.75. The van der Waals surface area contributed by atoms with Gasteiger partial charge in [-0.25, -0.2) is 4.79 Å². The van der Waals surface area contributed by atoms with Crippen molar-refractivity contribution >= 4 is 11.9 Å². The lowest BCUT2D eigenvalue weighted by molar-refractivity contribution is -0.350. The van der Waals surface area contributed by atoms with Gasteiger partial charge in [-0.15, -0.1) is 0 Å². The fourth-order valence-electron chi connectivity index (χ4n) is 1.23. The number of halogens is 2. The number of aliphatic carboxylic acids is 1. The van der Waals surface area contributed by atoms with E-state index in [9.17, 15) is 23.5 Å². The molecule has 0 aliphatic heterocycles. The number of methoxy groups -OCH3 is 1. The van der Waals surface area contributed by atoms with Gasteiger partial charge in [0.25, 0.3) is 0 Å². The maximum Gasteiger partial charge on any atom is 0.441 e. The fourth-order valence-corrected chi connectivity index (χ4v) is 1.23. The number of hydrogen-bond donors (Lipinski definition) is 0. The molecule has 0 aliphatic carbocycles. The van der Waals surface area contributed by atoms with Crippen LogP contribution in [0.25, 0.3) is 0 Å². The smallest absolute Gasteiger partial charge is 0.441 e. The third-order valence-corrected chi connectivity index (χ3v) is 2.09. The number of hydrogen-bond acceptors (Lipinski definition) is 5. The minimum Gasteiger partial charge on any atom is -0.541 e. The summed E-state index contributed by atoms with van der Waals surface area (Å²) < 4.78 is 34.3. The van der Waals surface area contributed by atoms with Crippen LogP contribution in [0.2, 0.25) is 0 Å². The minimum absolute atomic E-state index is 0.166. The van der Waals surface area contributed by atoms with Crippen molar-refractivity contribution in [1.82, 2.24) is 0 Å². The van der Waals surface area contributed by atoms with Crippen molar-refractivity contribution in [3.05, 3.63) is 29.3 Å². The molecule has 0 unspecified atom stereocenters. The summed E-state index contributed by atoms with van der Waals surface area (Å²) in [7, 11) is 1.06. The van der Waals surface area contributed by atoms with Crippen LogP contribution in [-0.4, -0.2) is 25.2 Å². The van der Waals surface area contributed by atoms with Crippen LogP contribution in [0.5, 0.6) is 5.75 Å². The first-order valence-electron chi connectivity index (χ1n) is 4.75. The Morgan fingerprint density at radius 2 is 1.94 bits per heavy atom. The molecule has 18 heavy (non-hydrogen) atoms. The zero-order valence-electron chi connectivity index (χ0n) is 9.53. The summed E-state index contributed by atoms with van der Waals surface area (Å²) in [6.07, 6.45) is -4.53. The quantitative estimate of drug-likeness (QED) is 0.736. The maximum atomic E-state index is 12.9. The fraction of sp³-hybridized carbons (Fsp3) is 0.273. The minimum atomic E-state index is -4.53. The summed E-state index contributed by atoms with van der Waals surface area (Å²) in [5, 5.41) is 10.2. The summed E-state index contributed by atoms with van der Waals surface area (Å²) in [6.45, 7) is 1.38. The van der Waals surface area contributed by atoms with Gasteiger partial charge >= 0.3 is 12.1 Å². The molecule has 98 valence electrons. The van der Waals surface area contributed by atoms with Gasteiger partial charge in [-0.1, -0.05) is 12.1 Å². The van der Waals surface area contributed by atoms with Gasteiger partial charge in [0, 0.05) is 0 Å². The van der Waals surface area contributed by atoms with E-state index in [0.717, 1.165) is 7.11 Å². The van der Waals surface area contributed by atoms with Crippen molar-refractivity contribution in [3.63, 3.8) is 0 Å². The Morgan fingerprint density at radius 1 is 1.33 bits per heavy atom. The molecular weight excluding hydrogens is 250 g/mol. The zero-order valence-corrected chi connectivity index (χ0v) is 9.53. The molecule has 0 aromatic heterocycles. The highest BCUT2D eigenvalue weighted by Crippen LogP contribution is 2.29. The van der Waals surface area contributed by atoms with Crippen molar-refractivity contribution in [2.24, 2.45) is 0 Å². The van der Waals surface area contributed by atoms with Crippen LogP contribution in [0.3, 0.4) is 0 Å². The van der Waals surface area contributed by atoms with E-state index < -0.39 is 23.8 Å². The molecule has 0 fully saturated rings. The van der Waals surface area contributed by atoms with Crippen LogP contribution in [0.1, 0.15) is 15.9 Å². The molecule has 0 heterocycles. The average molecular weight is 259 g/mol. The molecule has 0 spiro atoms. The van der Waals surface area contributed by atoms with E-state index in [0.29, 0.717) is 0 Å². The molecule has 0 aliphatic rings. The largest absolute Gasteiger partial charge is 0.541 e. The monoisotopic (exact) mass is 259 g/mol. The second-order valence-corrected chi connectivity index (χ2v) is 3.35. The van der Waals surface area contributed by atoms with Crippen molar-refractivity contribution in [2.75, 3.05) is 7.11 Å². The molecule has 0 atom stereocenters. The van der Waals surface area contributed by atoms with Gasteiger partial charge in [-0.05, 0) is 18.6 Å². The lowest BCUT2D eigenvalue weighted by atomic mass is 10.1. The number of ether oxygens (including phenoxy) is 2. The third-order valence-electron chi connectivity index (χ3n) is 2.09. The van der Waals surface area contributed by atoms with Gasteiger partial charge in [0.2, 0.25) is 0 Å². The van der Waals surface area contributed by atoms with E-state index in [1.165, 1.54) is 25.1 Å². The Morgan fingerprint density at radius 3 is 2.44 bits per heavy atom. The molecule has 5 nitrogen and oxygen atoms in total. The topological polar surface area (TPSA) is 75.7 Å². The maximum absolute atomic E-state index is 12.9. The normalized spacial score (nSPS) is 10.9. The van der Waals surface area contributed by atoms with Crippen LogP contribution in [0.15, 0.2) is 18.2 Å². The number of aryl methyl sites for hydroxylation is 1. The highest BCUT2D eigenvalue weighted by Gasteiger charge is 2.36. The predicted octanol–water partition coefficient (Wildman–Crippen LogP) is 0.503. The highest BCUT2D eigenvalue weighted by molar-refractivity contribution is 5.93. The molecular formula is C11H9F2O5-. The average Bonchev–Trinajstić information content (AvgIpc) is 2.30. The van der Waals surface area contributed by atoms with E-state index in [-0.39, 0.29) is 11.1 Å². The number of carboxylic acids is 1. The molecule has 1 rings (SSSR count). The number of carboxylic acid groups (broad SMARTS) is 1. The Balaban J connectivity index is 3.23. The number of esters is 1. The van der Waals surface area contributed by atoms with Gasteiger partial charge in [-0.2, -0.15) is 8.78 Å². The summed E-state index contributed by atoms with van der Waals surface area (Å²) in [5.74, 6) is -4.16. The van der Waals surface area contributed by atoms with Crippen molar-refractivity contribution in [2.45, 2.75) is 13.0 Å². The lowest BCUT2D eigenvalue weighted by Gasteiger charge is -2.21. The van der Waals surface area contributed by atoms with Crippen LogP contribution >= 0.6 is 0 Å². The summed E-state index contributed by atoms with van der Waals surface area (Å²) in [5.41, 5.74) is -0.128. The Bertz CT molecular complexity index is 484. The Labute approximate surface area is 101 Å². The summed E-state index contributed by atoms with van der Waals surface area (Å²) in [6, 6.07) is 3.98. The zero-order chi connectivity index (χ0) is 13.9. The molecule has 0 N–H and O–H groups in total. The highest BCUT2D eigenvalue weighted by atomic mass is 19.3. The number of benzene rings is 1. The van der Waals surface area contributed by atoms with Crippen LogP contribution in [-0.2, 0) is 9.53 Å². The Kier molecular flexibility index (Phi) is 3.85. The number of rotatable bonds is 4. The van der Waals surface area contributed by atoms with Gasteiger partial charge < -0.3 is 19.4 Å². The first-order chi connectivity index (χ1) is 8.29. The molecule has 0 saturated carbocycles. The van der Waals surface area contributed by atoms with Crippen molar-refractivity contribution < 1.29 is 33.0 Å². The van der Waals surface area contributed by atoms with Crippen LogP contribution in [0, 0.1) is 6.92 Å². The van der Waals surface area contributed by atoms with E-state index in [1.807, 2.05) is 0 Å². The van der Waals surface area contributed by atoms with Gasteiger partial charge in [0.15, 0.2) is 5.97 Å². The number of carbonyl (C=O) groups excluding carboxylic acids is 2. The van der Waals surface area contributed by atoms with E-state index >= 15 is 0 Å². The van der Waals surface area contributed by atoms with Gasteiger partial charge in [0.1, 0.15) is 11.3 Å². The summed E-state index contributed by atoms with van der Waals surface area (Å²) in [4.78, 5) is 21.5. The Hall–Kier alpha value is -2.18. The number of carbonyl (C=O) groups is 2. The molecule has 1 aromatic carbocycles. The summed E-state index contributed by atoms with van der Waals surface area (Å²) >= 11 is 0. The molecule has 0 radical (unpaired) electrons. The molecule has 0 bridgehead atoms. The second-order valence-electron chi connectivity index (χ2n) is 3.35. The van der Waals surface area contributed by atoms with E-state index in [2.05, 4.69) is 9.47 Å². The standard InChI is InChI=1S/C11H10F2O5/c1-6-4-3-5-7(9(14)17-2)8(6)18-11(12,13)10(15)16/h3-5H,1-2H3,(H,15,16)/p-1. The van der Waals surface area contributed by atoms with Gasteiger partial charge in [-0.3, -0.25) is 0 Å². The molecule has 7 heteroatoms. The van der Waals surface area contributed by atoms with Crippen molar-refractivity contribution in [3.8, 4) is 5.75 Å². The van der Waals surface area contributed by atoms with E-state index in [1.54, 1.807) is 0 Å². The first kappa shape index (κ1) is 13.9. The molecule has 1 aromatic rings. The molecule has 0 amide bonds. The number of alkyl halides is 2. The third kappa shape index (κ3) is 2.73. The van der Waals surface area contributed by atoms with Crippen LogP contribution < -0.4 is 9.84 Å².